The van der Waals surface area contributed by atoms with E-state index in [0.717, 1.165) is 20.8 Å². The van der Waals surface area contributed by atoms with Crippen LogP contribution in [0, 0.1) is 6.92 Å². The van der Waals surface area contributed by atoms with Gasteiger partial charge in [-0.2, -0.15) is 0 Å². The van der Waals surface area contributed by atoms with Gasteiger partial charge in [-0.1, -0.05) is 30.0 Å². The van der Waals surface area contributed by atoms with Gasteiger partial charge in [-0.3, -0.25) is 10.1 Å². The second-order valence-corrected chi connectivity index (χ2v) is 8.39. The minimum Gasteiger partial charge on any atom is -0.486 e. The van der Waals surface area contributed by atoms with Crippen LogP contribution in [0.25, 0.3) is 0 Å². The highest BCUT2D eigenvalue weighted by molar-refractivity contribution is 8.01. The van der Waals surface area contributed by atoms with Gasteiger partial charge in [0.25, 0.3) is 5.91 Å². The number of amides is 1. The van der Waals surface area contributed by atoms with Gasteiger partial charge in [-0.15, -0.1) is 21.5 Å². The predicted octanol–water partition coefficient (Wildman–Crippen LogP) is 4.25. The van der Waals surface area contributed by atoms with E-state index in [1.807, 2.05) is 19.2 Å². The number of aromatic nitrogens is 3. The second kappa shape index (κ2) is 8.41. The number of rotatable bonds is 7. The number of carbonyl (C=O) groups excluding carboxylic acids is 1. The first-order chi connectivity index (χ1) is 12.1. The van der Waals surface area contributed by atoms with E-state index in [1.165, 1.54) is 11.3 Å². The molecule has 130 valence electrons. The number of aryl methyl sites for hydroxylation is 1. The minimum atomic E-state index is -0.216. The molecule has 0 aliphatic rings. The first kappa shape index (κ1) is 17.8. The van der Waals surface area contributed by atoms with E-state index in [9.17, 15) is 4.79 Å². The van der Waals surface area contributed by atoms with Gasteiger partial charge in [-0.05, 0) is 36.9 Å². The summed E-state index contributed by atoms with van der Waals surface area (Å²) in [6.45, 7) is 4.42. The van der Waals surface area contributed by atoms with E-state index in [-0.39, 0.29) is 5.91 Å². The van der Waals surface area contributed by atoms with Gasteiger partial charge in [0.1, 0.15) is 17.4 Å². The van der Waals surface area contributed by atoms with E-state index in [4.69, 9.17) is 4.74 Å². The summed E-state index contributed by atoms with van der Waals surface area (Å²) < 4.78 is 6.53. The largest absolute Gasteiger partial charge is 0.486 e. The molecule has 2 heterocycles. The van der Waals surface area contributed by atoms with Crippen LogP contribution >= 0.6 is 34.4 Å². The summed E-state index contributed by atoms with van der Waals surface area (Å²) in [5, 5.41) is 14.2. The van der Waals surface area contributed by atoms with Crippen LogP contribution in [-0.2, 0) is 6.61 Å². The van der Waals surface area contributed by atoms with Gasteiger partial charge >= 0.3 is 0 Å². The number of hydrogen-bond donors (Lipinski definition) is 1. The minimum absolute atomic E-state index is 0.216. The zero-order valence-corrected chi connectivity index (χ0v) is 16.1. The number of carbonyl (C=O) groups is 1. The predicted molar refractivity (Wildman–Crippen MR) is 102 cm³/mol. The van der Waals surface area contributed by atoms with Crippen molar-refractivity contribution in [1.29, 1.82) is 0 Å². The molecule has 9 heteroatoms. The number of nitrogens with zero attached hydrogens (tertiary/aromatic N) is 3. The number of thioether (sulfide) groups is 1. The fraction of sp³-hybridized carbons (Fsp3) is 0.250. The van der Waals surface area contributed by atoms with Crippen molar-refractivity contribution in [2.45, 2.75) is 24.8 Å². The first-order valence-corrected chi connectivity index (χ1v) is 10.2. The molecule has 0 fully saturated rings. The molecular formula is C16H16N4O2S3. The number of nitrogens with one attached hydrogen (secondary N) is 1. The lowest BCUT2D eigenvalue weighted by Gasteiger charge is -2.05. The Morgan fingerprint density at radius 1 is 1.28 bits per heavy atom. The lowest BCUT2D eigenvalue weighted by atomic mass is 10.2. The maximum absolute atomic E-state index is 12.2. The van der Waals surface area contributed by atoms with Gasteiger partial charge in [0.2, 0.25) is 5.13 Å². The molecule has 0 saturated heterocycles. The van der Waals surface area contributed by atoms with Crippen LogP contribution in [0.4, 0.5) is 5.13 Å². The first-order valence-electron chi connectivity index (χ1n) is 7.55. The fourth-order valence-corrected chi connectivity index (χ4v) is 4.25. The Balaban J connectivity index is 1.56. The highest BCUT2D eigenvalue weighted by Gasteiger charge is 2.10. The lowest BCUT2D eigenvalue weighted by molar-refractivity contribution is 0.102. The topological polar surface area (TPSA) is 77.0 Å². The van der Waals surface area contributed by atoms with E-state index < -0.39 is 0 Å². The molecule has 2 aromatic heterocycles. The Kier molecular flexibility index (Phi) is 6.00. The molecule has 3 rings (SSSR count). The molecule has 6 nitrogen and oxygen atoms in total. The van der Waals surface area contributed by atoms with Gasteiger partial charge in [0.05, 0.1) is 0 Å². The van der Waals surface area contributed by atoms with Crippen LogP contribution in [0.15, 0.2) is 34.0 Å². The fourth-order valence-electron chi connectivity index (χ4n) is 1.93. The molecule has 0 aliphatic carbocycles. The third kappa shape index (κ3) is 5.00. The van der Waals surface area contributed by atoms with Crippen LogP contribution in [0.3, 0.4) is 0 Å². The van der Waals surface area contributed by atoms with Crippen LogP contribution in [0.2, 0.25) is 0 Å². The van der Waals surface area contributed by atoms with Crippen LogP contribution in [0.1, 0.15) is 28.0 Å². The van der Waals surface area contributed by atoms with Crippen molar-refractivity contribution in [2.75, 3.05) is 11.1 Å². The van der Waals surface area contributed by atoms with Gasteiger partial charge in [0.15, 0.2) is 4.34 Å². The van der Waals surface area contributed by atoms with E-state index in [2.05, 4.69) is 20.5 Å². The molecule has 1 amide bonds. The maximum Gasteiger partial charge on any atom is 0.257 e. The molecule has 0 spiro atoms. The summed E-state index contributed by atoms with van der Waals surface area (Å²) in [5.41, 5.74) is 1.53. The second-order valence-electron chi connectivity index (χ2n) is 4.96. The summed E-state index contributed by atoms with van der Waals surface area (Å²) in [7, 11) is 0. The standard InChI is InChI=1S/C16H16N4O2S3/c1-3-23-16-20-19-15(25-16)18-14(21)11-4-6-12(7-5-11)22-8-13-17-10(2)9-24-13/h4-7,9H,3,8H2,1-2H3,(H,18,19,21). The molecule has 1 aromatic carbocycles. The van der Waals surface area contributed by atoms with Gasteiger partial charge < -0.3 is 4.74 Å². The van der Waals surface area contributed by atoms with Gasteiger partial charge in [-0.25, -0.2) is 4.98 Å². The normalized spacial score (nSPS) is 10.6. The Morgan fingerprint density at radius 3 is 2.76 bits per heavy atom. The number of ether oxygens (including phenoxy) is 1. The maximum atomic E-state index is 12.2. The summed E-state index contributed by atoms with van der Waals surface area (Å²) in [5.74, 6) is 1.40. The summed E-state index contributed by atoms with van der Waals surface area (Å²) in [6, 6.07) is 6.99. The molecule has 25 heavy (non-hydrogen) atoms. The van der Waals surface area contributed by atoms with Crippen LogP contribution in [0.5, 0.6) is 5.75 Å². The molecular weight excluding hydrogens is 376 g/mol. The van der Waals surface area contributed by atoms with Crippen molar-refractivity contribution in [3.05, 3.63) is 45.9 Å². The third-order valence-corrected chi connectivity index (χ3v) is 5.83. The molecule has 0 unspecified atom stereocenters. The molecule has 0 aliphatic heterocycles. The van der Waals surface area contributed by atoms with Crippen LogP contribution < -0.4 is 10.1 Å². The van der Waals surface area contributed by atoms with Crippen molar-refractivity contribution in [1.82, 2.24) is 15.2 Å². The van der Waals surface area contributed by atoms with E-state index in [1.54, 1.807) is 47.4 Å². The summed E-state index contributed by atoms with van der Waals surface area (Å²) >= 11 is 4.54. The zero-order chi connectivity index (χ0) is 17.6. The van der Waals surface area contributed by atoms with Crippen molar-refractivity contribution in [2.24, 2.45) is 0 Å². The Morgan fingerprint density at radius 2 is 2.08 bits per heavy atom. The molecule has 0 bridgehead atoms. The van der Waals surface area contributed by atoms with Crippen molar-refractivity contribution in [3.63, 3.8) is 0 Å². The Labute approximate surface area is 157 Å². The highest BCUT2D eigenvalue weighted by atomic mass is 32.2. The highest BCUT2D eigenvalue weighted by Crippen LogP contribution is 2.25. The lowest BCUT2D eigenvalue weighted by Crippen LogP contribution is -2.11. The Hall–Kier alpha value is -1.97. The average Bonchev–Trinajstić information content (AvgIpc) is 3.23. The van der Waals surface area contributed by atoms with Crippen molar-refractivity contribution >= 4 is 45.5 Å². The number of benzene rings is 1. The summed E-state index contributed by atoms with van der Waals surface area (Å²) in [6.07, 6.45) is 0. The molecule has 0 atom stereocenters. The molecule has 3 aromatic rings. The van der Waals surface area contributed by atoms with Crippen molar-refractivity contribution < 1.29 is 9.53 Å². The van der Waals surface area contributed by atoms with Crippen LogP contribution in [-0.4, -0.2) is 26.8 Å². The smallest absolute Gasteiger partial charge is 0.257 e. The van der Waals surface area contributed by atoms with E-state index >= 15 is 0 Å². The Bertz CT molecular complexity index is 845. The third-order valence-electron chi connectivity index (χ3n) is 3.04. The van der Waals surface area contributed by atoms with Crippen molar-refractivity contribution in [3.8, 4) is 5.75 Å². The van der Waals surface area contributed by atoms with Gasteiger partial charge in [0, 0.05) is 16.6 Å². The monoisotopic (exact) mass is 392 g/mol. The summed E-state index contributed by atoms with van der Waals surface area (Å²) in [4.78, 5) is 16.6. The number of anilines is 1. The number of thiazole rings is 1. The zero-order valence-electron chi connectivity index (χ0n) is 13.7. The molecule has 0 radical (unpaired) electrons. The number of hydrogen-bond acceptors (Lipinski definition) is 8. The molecule has 1 N–H and O–H groups in total. The van der Waals surface area contributed by atoms with E-state index in [0.29, 0.717) is 23.1 Å². The SMILES string of the molecule is CCSc1nnc(NC(=O)c2ccc(OCc3nc(C)cs3)cc2)s1. The molecule has 0 saturated carbocycles. The quantitative estimate of drug-likeness (QED) is 0.478. The average molecular weight is 393 g/mol.